The van der Waals surface area contributed by atoms with E-state index in [4.69, 9.17) is 4.52 Å². The highest BCUT2D eigenvalue weighted by molar-refractivity contribution is 6.03. The van der Waals surface area contributed by atoms with Crippen molar-refractivity contribution >= 4 is 11.9 Å². The minimum atomic E-state index is -0.213. The van der Waals surface area contributed by atoms with E-state index in [1.165, 1.54) is 12.8 Å². The van der Waals surface area contributed by atoms with Crippen molar-refractivity contribution in [2.24, 2.45) is 7.05 Å². The number of nitrogens with one attached hydrogen (secondary N) is 1. The van der Waals surface area contributed by atoms with Crippen LogP contribution in [0.15, 0.2) is 41.2 Å². The van der Waals surface area contributed by atoms with Gasteiger partial charge in [-0.1, -0.05) is 23.7 Å². The summed E-state index contributed by atoms with van der Waals surface area (Å²) in [6.45, 7) is 3.69. The predicted octanol–water partition coefficient (Wildman–Crippen LogP) is 3.09. The second-order valence-electron chi connectivity index (χ2n) is 7.24. The van der Waals surface area contributed by atoms with E-state index in [-0.39, 0.29) is 11.9 Å². The van der Waals surface area contributed by atoms with Gasteiger partial charge in [0.25, 0.3) is 5.91 Å². The lowest BCUT2D eigenvalue weighted by Crippen LogP contribution is -2.33. The van der Waals surface area contributed by atoms with Gasteiger partial charge in [0.05, 0.1) is 6.04 Å². The predicted molar refractivity (Wildman–Crippen MR) is 104 cm³/mol. The van der Waals surface area contributed by atoms with Crippen LogP contribution in [-0.2, 0) is 13.6 Å². The van der Waals surface area contributed by atoms with Gasteiger partial charge < -0.3 is 4.52 Å². The van der Waals surface area contributed by atoms with Gasteiger partial charge in [-0.2, -0.15) is 0 Å². The second-order valence-corrected chi connectivity index (χ2v) is 7.24. The molecule has 1 N–H and O–H groups in total. The molecule has 1 aliphatic rings. The van der Waals surface area contributed by atoms with Gasteiger partial charge in [-0.3, -0.25) is 19.7 Å². The molecule has 1 aliphatic heterocycles. The number of hydrogen-bond acceptors (Lipinski definition) is 6. The van der Waals surface area contributed by atoms with Crippen molar-refractivity contribution in [1.29, 1.82) is 0 Å². The lowest BCUT2D eigenvalue weighted by Gasteiger charge is -2.34. The first-order chi connectivity index (χ1) is 13.6. The monoisotopic (exact) mass is 380 g/mol. The number of piperidine rings is 1. The van der Waals surface area contributed by atoms with Crippen LogP contribution < -0.4 is 5.32 Å². The molecule has 1 fully saturated rings. The fourth-order valence-corrected chi connectivity index (χ4v) is 3.67. The Bertz CT molecular complexity index is 963. The minimum absolute atomic E-state index is 0.213. The zero-order valence-electron chi connectivity index (χ0n) is 16.1. The number of nitrogens with zero attached hydrogens (tertiary/aromatic N) is 5. The van der Waals surface area contributed by atoms with Crippen molar-refractivity contribution in [2.75, 3.05) is 11.9 Å². The highest BCUT2D eigenvalue weighted by Crippen LogP contribution is 2.31. The molecule has 0 unspecified atom stereocenters. The van der Waals surface area contributed by atoms with Crippen molar-refractivity contribution in [3.63, 3.8) is 0 Å². The van der Waals surface area contributed by atoms with Crippen molar-refractivity contribution in [3.8, 4) is 0 Å². The highest BCUT2D eigenvalue weighted by atomic mass is 16.5. The third-order valence-corrected chi connectivity index (χ3v) is 5.00. The molecule has 0 bridgehead atoms. The van der Waals surface area contributed by atoms with Crippen LogP contribution in [0, 0.1) is 6.92 Å². The summed E-state index contributed by atoms with van der Waals surface area (Å²) in [5.41, 5.74) is 2.68. The molecule has 1 aromatic carbocycles. The van der Waals surface area contributed by atoms with Gasteiger partial charge in [0, 0.05) is 25.2 Å². The molecule has 8 heteroatoms. The van der Waals surface area contributed by atoms with Crippen molar-refractivity contribution in [2.45, 2.75) is 38.8 Å². The van der Waals surface area contributed by atoms with E-state index in [0.29, 0.717) is 11.5 Å². The van der Waals surface area contributed by atoms with Gasteiger partial charge in [-0.15, -0.1) is 5.10 Å². The molecule has 3 aromatic rings. The van der Waals surface area contributed by atoms with E-state index in [1.807, 2.05) is 25.1 Å². The van der Waals surface area contributed by atoms with E-state index in [1.54, 1.807) is 24.1 Å². The van der Waals surface area contributed by atoms with Crippen LogP contribution in [0.1, 0.15) is 52.7 Å². The summed E-state index contributed by atoms with van der Waals surface area (Å²) in [6.07, 6.45) is 4.97. The molecule has 1 atom stereocenters. The van der Waals surface area contributed by atoms with E-state index >= 15 is 0 Å². The maximum absolute atomic E-state index is 12.5. The van der Waals surface area contributed by atoms with Crippen LogP contribution in [0.5, 0.6) is 0 Å². The fraction of sp³-hybridized carbons (Fsp3) is 0.400. The van der Waals surface area contributed by atoms with Crippen LogP contribution in [0.25, 0.3) is 0 Å². The second kappa shape index (κ2) is 7.93. The Morgan fingerprint density at radius 1 is 1.32 bits per heavy atom. The molecule has 0 aliphatic carbocycles. The quantitative estimate of drug-likeness (QED) is 0.732. The largest absolute Gasteiger partial charge is 0.361 e. The zero-order valence-corrected chi connectivity index (χ0v) is 16.1. The van der Waals surface area contributed by atoms with E-state index in [0.717, 1.165) is 36.5 Å². The first-order valence-corrected chi connectivity index (χ1v) is 9.52. The molecule has 0 saturated carbocycles. The number of benzene rings is 1. The highest BCUT2D eigenvalue weighted by Gasteiger charge is 2.26. The SMILES string of the molecule is Cc1cc([C@H]2CCCCN2Cc2cccc(C(=O)Nc3ncn(C)n3)c2)no1. The molecule has 8 nitrogen and oxygen atoms in total. The molecule has 4 rings (SSSR count). The zero-order chi connectivity index (χ0) is 19.5. The van der Waals surface area contributed by atoms with E-state index in [2.05, 4.69) is 31.5 Å². The van der Waals surface area contributed by atoms with Crippen LogP contribution >= 0.6 is 0 Å². The summed E-state index contributed by atoms with van der Waals surface area (Å²) in [4.78, 5) is 19.0. The number of likely N-dealkylation sites (tertiary alicyclic amines) is 1. The molecule has 0 radical (unpaired) electrons. The Labute approximate surface area is 163 Å². The Kier molecular flexibility index (Phi) is 5.21. The van der Waals surface area contributed by atoms with Crippen molar-refractivity contribution in [1.82, 2.24) is 24.8 Å². The van der Waals surface area contributed by atoms with Gasteiger partial charge in [-0.05, 0) is 44.0 Å². The lowest BCUT2D eigenvalue weighted by atomic mass is 9.98. The Morgan fingerprint density at radius 3 is 2.96 bits per heavy atom. The molecular formula is C20H24N6O2. The third kappa shape index (κ3) is 4.12. The number of aromatic nitrogens is 4. The number of aryl methyl sites for hydroxylation is 2. The number of anilines is 1. The van der Waals surface area contributed by atoms with Crippen molar-refractivity contribution < 1.29 is 9.32 Å². The summed E-state index contributed by atoms with van der Waals surface area (Å²) < 4.78 is 6.83. The molecule has 1 amide bonds. The molecule has 2 aromatic heterocycles. The first kappa shape index (κ1) is 18.4. The van der Waals surface area contributed by atoms with E-state index in [9.17, 15) is 4.79 Å². The molecular weight excluding hydrogens is 356 g/mol. The van der Waals surface area contributed by atoms with Crippen LogP contribution in [0.3, 0.4) is 0 Å². The smallest absolute Gasteiger partial charge is 0.258 e. The summed E-state index contributed by atoms with van der Waals surface area (Å²) >= 11 is 0. The van der Waals surface area contributed by atoms with Crippen LogP contribution in [0.4, 0.5) is 5.95 Å². The average Bonchev–Trinajstić information content (AvgIpc) is 3.30. The third-order valence-electron chi connectivity index (χ3n) is 5.00. The van der Waals surface area contributed by atoms with Crippen LogP contribution in [0.2, 0.25) is 0 Å². The number of carbonyl (C=O) groups excluding carboxylic acids is 1. The van der Waals surface area contributed by atoms with Gasteiger partial charge in [0.1, 0.15) is 17.8 Å². The summed E-state index contributed by atoms with van der Waals surface area (Å²) in [6, 6.07) is 9.97. The molecule has 0 spiro atoms. The van der Waals surface area contributed by atoms with Gasteiger partial charge in [0.15, 0.2) is 0 Å². The summed E-state index contributed by atoms with van der Waals surface area (Å²) in [7, 11) is 1.76. The molecule has 3 heterocycles. The fourth-order valence-electron chi connectivity index (χ4n) is 3.67. The number of hydrogen-bond donors (Lipinski definition) is 1. The Balaban J connectivity index is 1.48. The lowest BCUT2D eigenvalue weighted by molar-refractivity contribution is 0.102. The molecule has 146 valence electrons. The van der Waals surface area contributed by atoms with Gasteiger partial charge in [0.2, 0.25) is 5.95 Å². The standard InChI is InChI=1S/C20H24N6O2/c1-14-10-17(24-28-14)18-8-3-4-9-26(18)12-15-6-5-7-16(11-15)19(27)22-20-21-13-25(2)23-20/h5-7,10-11,13,18H,3-4,8-9,12H2,1-2H3,(H,22,23,27)/t18-/m1/s1. The van der Waals surface area contributed by atoms with Gasteiger partial charge >= 0.3 is 0 Å². The molecule has 1 saturated heterocycles. The van der Waals surface area contributed by atoms with Crippen molar-refractivity contribution in [3.05, 3.63) is 59.2 Å². The van der Waals surface area contributed by atoms with Crippen LogP contribution in [-0.4, -0.2) is 37.3 Å². The maximum Gasteiger partial charge on any atom is 0.258 e. The topological polar surface area (TPSA) is 89.1 Å². The number of rotatable bonds is 5. The first-order valence-electron chi connectivity index (χ1n) is 9.52. The van der Waals surface area contributed by atoms with Gasteiger partial charge in [-0.25, -0.2) is 4.98 Å². The van der Waals surface area contributed by atoms with E-state index < -0.39 is 0 Å². The maximum atomic E-state index is 12.5. The normalized spacial score (nSPS) is 17.6. The Morgan fingerprint density at radius 2 is 2.21 bits per heavy atom. The Hall–Kier alpha value is -3.00. The average molecular weight is 380 g/mol. The summed E-state index contributed by atoms with van der Waals surface area (Å²) in [5.74, 6) is 0.924. The number of carbonyl (C=O) groups is 1. The minimum Gasteiger partial charge on any atom is -0.361 e. The molecule has 28 heavy (non-hydrogen) atoms. The summed E-state index contributed by atoms with van der Waals surface area (Å²) in [5, 5.41) is 11.0. The number of amides is 1.